The van der Waals surface area contributed by atoms with E-state index in [1.807, 2.05) is 26.0 Å². The Kier molecular flexibility index (Phi) is 10.7. The quantitative estimate of drug-likeness (QED) is 0.205. The number of nitrogens with one attached hydrogen (secondary N) is 1. The van der Waals surface area contributed by atoms with Gasteiger partial charge in [-0.05, 0) is 44.4 Å². The van der Waals surface area contributed by atoms with Gasteiger partial charge in [-0.15, -0.1) is 0 Å². The Morgan fingerprint density at radius 1 is 1.14 bits per heavy atom. The molecule has 1 aliphatic heterocycles. The number of unbranched alkanes of at least 4 members (excludes halogenated alkanes) is 5. The third-order valence-electron chi connectivity index (χ3n) is 5.93. The van der Waals surface area contributed by atoms with Gasteiger partial charge in [-0.2, -0.15) is 0 Å². The van der Waals surface area contributed by atoms with Gasteiger partial charge in [0, 0.05) is 32.5 Å². The summed E-state index contributed by atoms with van der Waals surface area (Å²) in [6, 6.07) is 3.75. The SMILES string of the molecule is CCCCCCCCN1C(=O)C(=Cc2c(NCCCOCC)nc3c(C)cccn3c2=O)SC1=S. The predicted octanol–water partition coefficient (Wildman–Crippen LogP) is 5.40. The Labute approximate surface area is 217 Å². The molecule has 1 aliphatic rings. The molecule has 1 N–H and O–H groups in total. The first-order chi connectivity index (χ1) is 17.0. The number of fused-ring (bicyclic) bond motifs is 1. The molecule has 3 rings (SSSR count). The van der Waals surface area contributed by atoms with Crippen LogP contribution in [-0.2, 0) is 9.53 Å². The maximum atomic E-state index is 13.4. The summed E-state index contributed by atoms with van der Waals surface area (Å²) in [4.78, 5) is 33.4. The number of hydrogen-bond donors (Lipinski definition) is 1. The van der Waals surface area contributed by atoms with Gasteiger partial charge >= 0.3 is 0 Å². The van der Waals surface area contributed by atoms with Gasteiger partial charge < -0.3 is 10.1 Å². The highest BCUT2D eigenvalue weighted by atomic mass is 32.2. The van der Waals surface area contributed by atoms with Gasteiger partial charge in [0.25, 0.3) is 11.5 Å². The summed E-state index contributed by atoms with van der Waals surface area (Å²) >= 11 is 6.75. The first-order valence-electron chi connectivity index (χ1n) is 12.6. The molecule has 0 unspecified atom stereocenters. The predicted molar refractivity (Wildman–Crippen MR) is 149 cm³/mol. The van der Waals surface area contributed by atoms with E-state index in [0.717, 1.165) is 24.8 Å². The van der Waals surface area contributed by atoms with E-state index in [4.69, 9.17) is 21.9 Å². The number of aryl methyl sites for hydroxylation is 1. The van der Waals surface area contributed by atoms with Crippen molar-refractivity contribution in [2.45, 2.75) is 65.7 Å². The second-order valence-electron chi connectivity index (χ2n) is 8.64. The third kappa shape index (κ3) is 7.15. The number of rotatable bonds is 14. The van der Waals surface area contributed by atoms with Crippen molar-refractivity contribution in [2.75, 3.05) is 31.6 Å². The van der Waals surface area contributed by atoms with Gasteiger partial charge in [0.05, 0.1) is 10.5 Å². The van der Waals surface area contributed by atoms with Crippen LogP contribution in [0.2, 0.25) is 0 Å². The number of nitrogens with zero attached hydrogens (tertiary/aromatic N) is 3. The number of carbonyl (C=O) groups excluding carboxylic acids is 1. The van der Waals surface area contributed by atoms with E-state index in [9.17, 15) is 9.59 Å². The van der Waals surface area contributed by atoms with Gasteiger partial charge in [0.15, 0.2) is 0 Å². The lowest BCUT2D eigenvalue weighted by atomic mass is 10.1. The minimum absolute atomic E-state index is 0.135. The van der Waals surface area contributed by atoms with E-state index in [1.54, 1.807) is 17.2 Å². The van der Waals surface area contributed by atoms with Crippen LogP contribution in [0.15, 0.2) is 28.0 Å². The van der Waals surface area contributed by atoms with Crippen LogP contribution in [0.5, 0.6) is 0 Å². The van der Waals surface area contributed by atoms with Crippen molar-refractivity contribution in [1.29, 1.82) is 0 Å². The number of aromatic nitrogens is 2. The molecule has 0 radical (unpaired) electrons. The second-order valence-corrected chi connectivity index (χ2v) is 10.3. The molecule has 1 amide bonds. The highest BCUT2D eigenvalue weighted by molar-refractivity contribution is 8.26. The molecule has 3 heterocycles. The minimum atomic E-state index is -0.216. The Bertz CT molecular complexity index is 1130. The fraction of sp³-hybridized carbons (Fsp3) is 0.538. The van der Waals surface area contributed by atoms with E-state index in [0.29, 0.717) is 52.6 Å². The molecule has 0 spiro atoms. The van der Waals surface area contributed by atoms with Crippen LogP contribution in [0.4, 0.5) is 5.82 Å². The molecule has 190 valence electrons. The topological polar surface area (TPSA) is 75.9 Å². The Morgan fingerprint density at radius 2 is 1.91 bits per heavy atom. The molecule has 2 aromatic heterocycles. The molecule has 9 heteroatoms. The smallest absolute Gasteiger partial charge is 0.267 e. The van der Waals surface area contributed by atoms with Crippen molar-refractivity contribution < 1.29 is 9.53 Å². The fourth-order valence-corrected chi connectivity index (χ4v) is 5.27. The van der Waals surface area contributed by atoms with Crippen molar-refractivity contribution >= 4 is 51.7 Å². The Hall–Kier alpha value is -2.23. The lowest BCUT2D eigenvalue weighted by molar-refractivity contribution is -0.122. The summed E-state index contributed by atoms with van der Waals surface area (Å²) in [6.07, 6.45) is 11.0. The van der Waals surface area contributed by atoms with E-state index in [1.165, 1.54) is 41.8 Å². The number of thiocarbonyl (C=S) groups is 1. The van der Waals surface area contributed by atoms with Crippen LogP contribution < -0.4 is 10.9 Å². The molecule has 2 aromatic rings. The zero-order valence-electron chi connectivity index (χ0n) is 21.0. The van der Waals surface area contributed by atoms with E-state index in [2.05, 4.69) is 12.2 Å². The van der Waals surface area contributed by atoms with Crippen molar-refractivity contribution in [3.8, 4) is 0 Å². The zero-order valence-corrected chi connectivity index (χ0v) is 22.6. The average molecular weight is 517 g/mol. The molecule has 7 nitrogen and oxygen atoms in total. The number of carbonyl (C=O) groups is 1. The number of ether oxygens (including phenoxy) is 1. The molecule has 0 aliphatic carbocycles. The first kappa shape index (κ1) is 27.4. The van der Waals surface area contributed by atoms with Crippen molar-refractivity contribution in [3.05, 3.63) is 44.7 Å². The van der Waals surface area contributed by atoms with Crippen molar-refractivity contribution in [3.63, 3.8) is 0 Å². The minimum Gasteiger partial charge on any atom is -0.382 e. The fourth-order valence-electron chi connectivity index (χ4n) is 3.98. The maximum absolute atomic E-state index is 13.4. The van der Waals surface area contributed by atoms with Crippen LogP contribution >= 0.6 is 24.0 Å². The number of amides is 1. The summed E-state index contributed by atoms with van der Waals surface area (Å²) in [6.45, 7) is 8.60. The molecule has 1 fully saturated rings. The van der Waals surface area contributed by atoms with Crippen LogP contribution in [0, 0.1) is 6.92 Å². The normalized spacial score (nSPS) is 15.1. The molecular weight excluding hydrogens is 480 g/mol. The Balaban J connectivity index is 1.83. The molecular formula is C26H36N4O3S2. The highest BCUT2D eigenvalue weighted by Crippen LogP contribution is 2.33. The highest BCUT2D eigenvalue weighted by Gasteiger charge is 2.32. The number of thioether (sulfide) groups is 1. The molecule has 0 aromatic carbocycles. The second kappa shape index (κ2) is 13.8. The van der Waals surface area contributed by atoms with Gasteiger partial charge in [-0.25, -0.2) is 4.98 Å². The summed E-state index contributed by atoms with van der Waals surface area (Å²) in [5.74, 6) is 0.339. The average Bonchev–Trinajstić information content (AvgIpc) is 3.11. The molecule has 35 heavy (non-hydrogen) atoms. The maximum Gasteiger partial charge on any atom is 0.267 e. The van der Waals surface area contributed by atoms with Crippen LogP contribution in [0.25, 0.3) is 11.7 Å². The Morgan fingerprint density at radius 3 is 2.69 bits per heavy atom. The summed E-state index contributed by atoms with van der Waals surface area (Å²) < 4.78 is 7.49. The third-order valence-corrected chi connectivity index (χ3v) is 7.31. The standard InChI is InChI=1S/C26H36N4O3S2/c1-4-6-7-8-9-10-15-30-25(32)21(35-26(30)34)18-20-22(27-14-12-17-33-5-2)28-23-19(3)13-11-16-29(23)24(20)31/h11,13,16,18,27H,4-10,12,14-15,17H2,1-3H3. The molecule has 0 saturated carbocycles. The van der Waals surface area contributed by atoms with Crippen molar-refractivity contribution in [1.82, 2.24) is 14.3 Å². The van der Waals surface area contributed by atoms with E-state index >= 15 is 0 Å². The van der Waals surface area contributed by atoms with Gasteiger partial charge in [0.1, 0.15) is 15.8 Å². The van der Waals surface area contributed by atoms with E-state index < -0.39 is 0 Å². The first-order valence-corrected chi connectivity index (χ1v) is 13.8. The number of hydrogen-bond acceptors (Lipinski definition) is 7. The van der Waals surface area contributed by atoms with Gasteiger partial charge in [0.2, 0.25) is 0 Å². The zero-order chi connectivity index (χ0) is 25.2. The van der Waals surface area contributed by atoms with E-state index in [-0.39, 0.29) is 11.5 Å². The molecule has 0 atom stereocenters. The summed E-state index contributed by atoms with van der Waals surface area (Å²) in [5.41, 5.74) is 1.65. The summed E-state index contributed by atoms with van der Waals surface area (Å²) in [5, 5.41) is 3.29. The van der Waals surface area contributed by atoms with Crippen LogP contribution in [-0.4, -0.2) is 50.8 Å². The number of anilines is 1. The van der Waals surface area contributed by atoms with Crippen LogP contribution in [0.1, 0.15) is 69.9 Å². The molecule has 0 bridgehead atoms. The van der Waals surface area contributed by atoms with Gasteiger partial charge in [-0.1, -0.05) is 69.1 Å². The summed E-state index contributed by atoms with van der Waals surface area (Å²) in [7, 11) is 0. The van der Waals surface area contributed by atoms with Gasteiger partial charge in [-0.3, -0.25) is 18.9 Å². The monoisotopic (exact) mass is 516 g/mol. The number of pyridine rings is 1. The lowest BCUT2D eigenvalue weighted by Crippen LogP contribution is -2.29. The largest absolute Gasteiger partial charge is 0.382 e. The lowest BCUT2D eigenvalue weighted by Gasteiger charge is -2.14. The van der Waals surface area contributed by atoms with Crippen molar-refractivity contribution in [2.24, 2.45) is 0 Å². The molecule has 1 saturated heterocycles. The van der Waals surface area contributed by atoms with Crippen LogP contribution in [0.3, 0.4) is 0 Å².